The molecule has 1 aromatic heterocycles. The first kappa shape index (κ1) is 14.5. The van der Waals surface area contributed by atoms with Crippen LogP contribution in [0.15, 0.2) is 0 Å². The second kappa shape index (κ2) is 5.00. The fourth-order valence-electron chi connectivity index (χ4n) is 1.61. The van der Waals surface area contributed by atoms with Crippen LogP contribution in [0, 0.1) is 5.41 Å². The predicted octanol–water partition coefficient (Wildman–Crippen LogP) is 1.73. The van der Waals surface area contributed by atoms with Gasteiger partial charge in [0.2, 0.25) is 0 Å². The summed E-state index contributed by atoms with van der Waals surface area (Å²) in [7, 11) is 1.74. The molecule has 0 saturated carbocycles. The van der Waals surface area contributed by atoms with Crippen LogP contribution in [0.2, 0.25) is 0 Å². The van der Waals surface area contributed by atoms with Crippen LogP contribution in [0.25, 0.3) is 0 Å². The molecule has 0 spiro atoms. The number of nitrogens with one attached hydrogen (secondary N) is 1. The van der Waals surface area contributed by atoms with Crippen LogP contribution in [0.1, 0.15) is 50.8 Å². The summed E-state index contributed by atoms with van der Waals surface area (Å²) in [6.45, 7) is 10.2. The van der Waals surface area contributed by atoms with Gasteiger partial charge in [0.05, 0.1) is 11.4 Å². The summed E-state index contributed by atoms with van der Waals surface area (Å²) in [5.41, 5.74) is 7.67. The lowest BCUT2D eigenvalue weighted by Gasteiger charge is -2.28. The first-order chi connectivity index (χ1) is 8.18. The molecule has 5 nitrogen and oxygen atoms in total. The lowest BCUT2D eigenvalue weighted by atomic mass is 9.88. The van der Waals surface area contributed by atoms with Crippen LogP contribution in [-0.4, -0.2) is 21.7 Å². The minimum Gasteiger partial charge on any atom is -0.395 e. The van der Waals surface area contributed by atoms with Gasteiger partial charge in [-0.05, 0) is 18.8 Å². The molecule has 18 heavy (non-hydrogen) atoms. The average Bonchev–Trinajstić information content (AvgIpc) is 2.52. The van der Waals surface area contributed by atoms with Crippen molar-refractivity contribution < 1.29 is 4.79 Å². The van der Waals surface area contributed by atoms with Crippen LogP contribution < -0.4 is 11.1 Å². The fourth-order valence-corrected chi connectivity index (χ4v) is 1.61. The van der Waals surface area contributed by atoms with E-state index >= 15 is 0 Å². The molecule has 102 valence electrons. The highest BCUT2D eigenvalue weighted by Crippen LogP contribution is 2.21. The first-order valence-corrected chi connectivity index (χ1v) is 6.30. The zero-order chi connectivity index (χ0) is 14.1. The van der Waals surface area contributed by atoms with Crippen molar-refractivity contribution in [2.24, 2.45) is 12.5 Å². The Kier molecular flexibility index (Phi) is 4.04. The van der Waals surface area contributed by atoms with Crippen molar-refractivity contribution in [1.82, 2.24) is 15.1 Å². The van der Waals surface area contributed by atoms with Crippen molar-refractivity contribution in [1.29, 1.82) is 0 Å². The van der Waals surface area contributed by atoms with Gasteiger partial charge in [0.1, 0.15) is 5.69 Å². The van der Waals surface area contributed by atoms with Gasteiger partial charge in [0.15, 0.2) is 0 Å². The summed E-state index contributed by atoms with van der Waals surface area (Å²) in [5, 5.41) is 7.23. The monoisotopic (exact) mass is 252 g/mol. The number of rotatable bonds is 3. The summed E-state index contributed by atoms with van der Waals surface area (Å²) < 4.78 is 1.55. The summed E-state index contributed by atoms with van der Waals surface area (Å²) in [5.74, 6) is -0.162. The minimum absolute atomic E-state index is 0.0105. The average molecular weight is 252 g/mol. The predicted molar refractivity (Wildman–Crippen MR) is 73.4 cm³/mol. The lowest BCUT2D eigenvalue weighted by Crippen LogP contribution is -2.42. The number of aromatic nitrogens is 2. The first-order valence-electron chi connectivity index (χ1n) is 6.30. The molecule has 1 amide bonds. The second-order valence-electron chi connectivity index (χ2n) is 5.75. The van der Waals surface area contributed by atoms with E-state index < -0.39 is 0 Å². The molecule has 0 aromatic carbocycles. The zero-order valence-corrected chi connectivity index (χ0v) is 12.2. The summed E-state index contributed by atoms with van der Waals surface area (Å²) in [6.07, 6.45) is 0.724. The van der Waals surface area contributed by atoms with E-state index in [1.54, 1.807) is 11.7 Å². The van der Waals surface area contributed by atoms with Crippen molar-refractivity contribution in [2.45, 2.75) is 47.1 Å². The lowest BCUT2D eigenvalue weighted by molar-refractivity contribution is 0.0901. The third-order valence-electron chi connectivity index (χ3n) is 3.36. The molecule has 1 heterocycles. The fraction of sp³-hybridized carbons (Fsp3) is 0.692. The van der Waals surface area contributed by atoms with Crippen molar-refractivity contribution in [3.63, 3.8) is 0 Å². The third kappa shape index (κ3) is 2.83. The molecule has 1 atom stereocenters. The van der Waals surface area contributed by atoms with Gasteiger partial charge < -0.3 is 11.1 Å². The van der Waals surface area contributed by atoms with E-state index in [9.17, 15) is 4.79 Å². The van der Waals surface area contributed by atoms with E-state index in [-0.39, 0.29) is 17.4 Å². The number of amides is 1. The van der Waals surface area contributed by atoms with E-state index in [4.69, 9.17) is 5.73 Å². The van der Waals surface area contributed by atoms with Gasteiger partial charge in [-0.2, -0.15) is 5.10 Å². The number of hydrogen-bond acceptors (Lipinski definition) is 3. The van der Waals surface area contributed by atoms with Gasteiger partial charge in [0, 0.05) is 13.1 Å². The Labute approximate surface area is 109 Å². The molecule has 3 N–H and O–H groups in total. The van der Waals surface area contributed by atoms with Gasteiger partial charge in [-0.25, -0.2) is 0 Å². The number of carbonyl (C=O) groups excluding carboxylic acids is 1. The Morgan fingerprint density at radius 1 is 1.50 bits per heavy atom. The topological polar surface area (TPSA) is 72.9 Å². The van der Waals surface area contributed by atoms with Gasteiger partial charge in [-0.15, -0.1) is 0 Å². The number of nitrogens with two attached hydrogens (primary N) is 1. The number of nitrogen functional groups attached to an aromatic ring is 1. The van der Waals surface area contributed by atoms with E-state index in [0.29, 0.717) is 11.4 Å². The molecule has 5 heteroatoms. The Hall–Kier alpha value is -1.52. The highest BCUT2D eigenvalue weighted by atomic mass is 16.2. The Balaban J connectivity index is 2.95. The molecule has 0 aliphatic carbocycles. The quantitative estimate of drug-likeness (QED) is 0.860. The molecule has 1 unspecified atom stereocenters. The largest absolute Gasteiger partial charge is 0.395 e. The van der Waals surface area contributed by atoms with Gasteiger partial charge in [-0.1, -0.05) is 27.7 Å². The van der Waals surface area contributed by atoms with Gasteiger partial charge in [0.25, 0.3) is 5.91 Å². The van der Waals surface area contributed by atoms with E-state index in [1.807, 2.05) is 13.8 Å². The molecule has 0 fully saturated rings. The summed E-state index contributed by atoms with van der Waals surface area (Å²) in [4.78, 5) is 12.2. The number of nitrogens with zero attached hydrogens (tertiary/aromatic N) is 2. The molecule has 0 bridgehead atoms. The van der Waals surface area contributed by atoms with Crippen LogP contribution in [0.5, 0.6) is 0 Å². The highest BCUT2D eigenvalue weighted by molar-refractivity contribution is 5.98. The number of carbonyl (C=O) groups is 1. The van der Waals surface area contributed by atoms with Gasteiger partial charge in [-0.3, -0.25) is 9.48 Å². The van der Waals surface area contributed by atoms with E-state index in [1.165, 1.54) is 0 Å². The third-order valence-corrected chi connectivity index (χ3v) is 3.36. The van der Waals surface area contributed by atoms with Crippen molar-refractivity contribution in [3.05, 3.63) is 11.4 Å². The van der Waals surface area contributed by atoms with Crippen LogP contribution in [0.4, 0.5) is 5.69 Å². The van der Waals surface area contributed by atoms with E-state index in [0.717, 1.165) is 12.1 Å². The SMILES string of the molecule is CCc1nn(C)c(C(=O)NC(C)C(C)(C)C)c1N. The summed E-state index contributed by atoms with van der Waals surface area (Å²) >= 11 is 0. The summed E-state index contributed by atoms with van der Waals surface area (Å²) in [6, 6.07) is 0.0596. The number of aryl methyl sites for hydroxylation is 2. The zero-order valence-electron chi connectivity index (χ0n) is 12.2. The molecular formula is C13H24N4O. The molecule has 1 aromatic rings. The maximum absolute atomic E-state index is 12.2. The molecule has 1 rings (SSSR count). The van der Waals surface area contributed by atoms with Crippen molar-refractivity contribution in [3.8, 4) is 0 Å². The van der Waals surface area contributed by atoms with Gasteiger partial charge >= 0.3 is 0 Å². The molecular weight excluding hydrogens is 228 g/mol. The van der Waals surface area contributed by atoms with Crippen molar-refractivity contribution in [2.75, 3.05) is 5.73 Å². The Morgan fingerprint density at radius 2 is 2.06 bits per heavy atom. The minimum atomic E-state index is -0.162. The second-order valence-corrected chi connectivity index (χ2v) is 5.75. The highest BCUT2D eigenvalue weighted by Gasteiger charge is 2.25. The maximum Gasteiger partial charge on any atom is 0.271 e. The van der Waals surface area contributed by atoms with Crippen LogP contribution in [0.3, 0.4) is 0 Å². The molecule has 0 aliphatic heterocycles. The maximum atomic E-state index is 12.2. The van der Waals surface area contributed by atoms with Crippen molar-refractivity contribution >= 4 is 11.6 Å². The smallest absolute Gasteiger partial charge is 0.271 e. The van der Waals surface area contributed by atoms with Crippen LogP contribution >= 0.6 is 0 Å². The Morgan fingerprint density at radius 3 is 2.44 bits per heavy atom. The van der Waals surface area contributed by atoms with E-state index in [2.05, 4.69) is 31.2 Å². The number of anilines is 1. The standard InChI is InChI=1S/C13H24N4O/c1-7-9-10(14)11(17(6)16-9)12(18)15-8(2)13(3,4)5/h8H,7,14H2,1-6H3,(H,15,18). The van der Waals surface area contributed by atoms with Crippen LogP contribution in [-0.2, 0) is 13.5 Å². The molecule has 0 radical (unpaired) electrons. The number of hydrogen-bond donors (Lipinski definition) is 2. The molecule has 0 saturated heterocycles. The molecule has 0 aliphatic rings. The Bertz CT molecular complexity index is 443. The normalized spacial score (nSPS) is 13.4.